The number of hydrogen-bond donors (Lipinski definition) is 1. The first-order valence-electron chi connectivity index (χ1n) is 6.27. The number of fused-ring (bicyclic) bond motifs is 1. The second-order valence-electron chi connectivity index (χ2n) is 5.32. The Morgan fingerprint density at radius 2 is 1.95 bits per heavy atom. The van der Waals surface area contributed by atoms with Gasteiger partial charge in [-0.05, 0) is 36.1 Å². The third kappa shape index (κ3) is 1.80. The zero-order valence-electron chi connectivity index (χ0n) is 10.4. The molecule has 0 radical (unpaired) electrons. The minimum atomic E-state index is -3.67. The van der Waals surface area contributed by atoms with Crippen molar-refractivity contribution >= 4 is 28.6 Å². The summed E-state index contributed by atoms with van der Waals surface area (Å²) in [5.41, 5.74) is 0.157. The summed E-state index contributed by atoms with van der Waals surface area (Å²) in [7, 11) is -3.67. The molecule has 0 saturated heterocycles. The molecule has 6 heteroatoms. The first-order valence-corrected chi connectivity index (χ1v) is 8.34. The summed E-state index contributed by atoms with van der Waals surface area (Å²) in [6.07, 6.45) is 2.95. The monoisotopic (exact) mass is 297 g/mol. The molecule has 1 aliphatic carbocycles. The number of carbonyl (C=O) groups is 1. The van der Waals surface area contributed by atoms with Crippen molar-refractivity contribution in [2.24, 2.45) is 5.41 Å². The number of benzene rings is 1. The number of hydrogen-bond acceptors (Lipinski definition) is 4. The minimum Gasteiger partial charge on any atom is -0.268 e. The van der Waals surface area contributed by atoms with Crippen LogP contribution in [-0.2, 0) is 10.0 Å². The average Bonchev–Trinajstić information content (AvgIpc) is 2.55. The fourth-order valence-corrected chi connectivity index (χ4v) is 4.83. The van der Waals surface area contributed by atoms with Gasteiger partial charge in [-0.3, -0.25) is 4.79 Å². The van der Waals surface area contributed by atoms with Gasteiger partial charge in [-0.25, -0.2) is 12.7 Å². The topological polar surface area (TPSA) is 54.5 Å². The van der Waals surface area contributed by atoms with Gasteiger partial charge in [-0.2, -0.15) is 12.6 Å². The first kappa shape index (κ1) is 13.0. The molecule has 0 unspecified atom stereocenters. The maximum atomic E-state index is 12.4. The Balaban J connectivity index is 1.99. The average molecular weight is 297 g/mol. The lowest BCUT2D eigenvalue weighted by atomic mass is 9.70. The third-order valence-electron chi connectivity index (χ3n) is 4.14. The third-order valence-corrected chi connectivity index (χ3v) is 6.60. The van der Waals surface area contributed by atoms with Crippen LogP contribution < -0.4 is 0 Å². The number of carbonyl (C=O) groups excluding carboxylic acids is 1. The van der Waals surface area contributed by atoms with Gasteiger partial charge in [0.1, 0.15) is 4.90 Å². The molecule has 1 saturated carbocycles. The summed E-state index contributed by atoms with van der Waals surface area (Å²) in [5.74, 6) is 0.214. The summed E-state index contributed by atoms with van der Waals surface area (Å²) in [4.78, 5) is 12.4. The van der Waals surface area contributed by atoms with Crippen molar-refractivity contribution in [3.05, 3.63) is 29.8 Å². The highest BCUT2D eigenvalue weighted by molar-refractivity contribution is 7.90. The smallest absolute Gasteiger partial charge is 0.268 e. The Bertz CT molecular complexity index is 630. The summed E-state index contributed by atoms with van der Waals surface area (Å²) < 4.78 is 25.9. The lowest BCUT2D eigenvalue weighted by molar-refractivity contribution is 0.0749. The lowest BCUT2D eigenvalue weighted by Gasteiger charge is -2.42. The van der Waals surface area contributed by atoms with E-state index in [4.69, 9.17) is 0 Å². The van der Waals surface area contributed by atoms with Gasteiger partial charge in [0.25, 0.3) is 15.9 Å². The maximum Gasteiger partial charge on any atom is 0.269 e. The zero-order chi connectivity index (χ0) is 13.7. The molecule has 1 aliphatic heterocycles. The molecule has 2 aliphatic rings. The van der Waals surface area contributed by atoms with Gasteiger partial charge in [0, 0.05) is 6.54 Å². The molecular weight excluding hydrogens is 282 g/mol. The molecule has 102 valence electrons. The molecular formula is C13H15NO3S2. The van der Waals surface area contributed by atoms with E-state index < -0.39 is 15.9 Å². The molecule has 0 spiro atoms. The van der Waals surface area contributed by atoms with Crippen LogP contribution in [0.1, 0.15) is 29.6 Å². The molecule has 1 heterocycles. The van der Waals surface area contributed by atoms with Gasteiger partial charge in [0.05, 0.1) is 5.56 Å². The Hall–Kier alpha value is -1.01. The predicted octanol–water partition coefficient (Wildman–Crippen LogP) is 1.93. The van der Waals surface area contributed by atoms with Crippen molar-refractivity contribution in [2.75, 3.05) is 12.3 Å². The van der Waals surface area contributed by atoms with Crippen molar-refractivity contribution in [3.63, 3.8) is 0 Å². The van der Waals surface area contributed by atoms with Crippen LogP contribution >= 0.6 is 12.6 Å². The molecule has 19 heavy (non-hydrogen) atoms. The van der Waals surface area contributed by atoms with E-state index in [2.05, 4.69) is 12.6 Å². The summed E-state index contributed by atoms with van der Waals surface area (Å²) in [6.45, 7) is 0.256. The fraction of sp³-hybridized carbons (Fsp3) is 0.462. The number of nitrogens with zero attached hydrogens (tertiary/aromatic N) is 1. The van der Waals surface area contributed by atoms with Gasteiger partial charge in [0.2, 0.25) is 0 Å². The Morgan fingerprint density at radius 3 is 2.47 bits per heavy atom. The van der Waals surface area contributed by atoms with Crippen LogP contribution in [0.15, 0.2) is 29.2 Å². The van der Waals surface area contributed by atoms with Gasteiger partial charge < -0.3 is 0 Å². The van der Waals surface area contributed by atoms with Crippen LogP contribution in [0.4, 0.5) is 0 Å². The van der Waals surface area contributed by atoms with E-state index in [1.165, 1.54) is 6.07 Å². The van der Waals surface area contributed by atoms with Gasteiger partial charge in [-0.1, -0.05) is 18.6 Å². The minimum absolute atomic E-state index is 0.131. The Kier molecular flexibility index (Phi) is 2.90. The van der Waals surface area contributed by atoms with Gasteiger partial charge in [0.15, 0.2) is 0 Å². The quantitative estimate of drug-likeness (QED) is 0.867. The molecule has 0 bridgehead atoms. The van der Waals surface area contributed by atoms with Crippen LogP contribution in [-0.4, -0.2) is 30.9 Å². The molecule has 3 rings (SSSR count). The van der Waals surface area contributed by atoms with E-state index >= 15 is 0 Å². The Morgan fingerprint density at radius 1 is 1.26 bits per heavy atom. The SMILES string of the molecule is O=C1c2ccccc2S(=O)(=O)N1CC1(CS)CCC1. The highest BCUT2D eigenvalue weighted by Crippen LogP contribution is 2.44. The van der Waals surface area contributed by atoms with Crippen LogP contribution in [0.2, 0.25) is 0 Å². The van der Waals surface area contributed by atoms with Crippen molar-refractivity contribution in [3.8, 4) is 0 Å². The Labute approximate surface area is 118 Å². The predicted molar refractivity (Wildman–Crippen MR) is 74.8 cm³/mol. The largest absolute Gasteiger partial charge is 0.269 e. The molecule has 1 aromatic rings. The van der Waals surface area contributed by atoms with E-state index in [-0.39, 0.29) is 22.4 Å². The molecule has 0 aromatic heterocycles. The molecule has 1 fully saturated rings. The van der Waals surface area contributed by atoms with Gasteiger partial charge in [-0.15, -0.1) is 0 Å². The molecule has 0 N–H and O–H groups in total. The van der Waals surface area contributed by atoms with Gasteiger partial charge >= 0.3 is 0 Å². The highest BCUT2D eigenvalue weighted by atomic mass is 32.2. The number of sulfonamides is 1. The number of rotatable bonds is 3. The van der Waals surface area contributed by atoms with Crippen molar-refractivity contribution < 1.29 is 13.2 Å². The fourth-order valence-electron chi connectivity index (χ4n) is 2.73. The summed E-state index contributed by atoms with van der Waals surface area (Å²) in [5, 5.41) is 0. The molecule has 1 amide bonds. The van der Waals surface area contributed by atoms with Crippen LogP contribution in [0.5, 0.6) is 0 Å². The van der Waals surface area contributed by atoms with E-state index in [0.29, 0.717) is 5.75 Å². The molecule has 1 aromatic carbocycles. The highest BCUT2D eigenvalue weighted by Gasteiger charge is 2.47. The number of thiol groups is 1. The summed E-state index contributed by atoms with van der Waals surface area (Å²) in [6, 6.07) is 6.40. The number of amides is 1. The molecule has 0 atom stereocenters. The van der Waals surface area contributed by atoms with Crippen molar-refractivity contribution in [1.29, 1.82) is 0 Å². The first-order chi connectivity index (χ1) is 9.00. The molecule has 4 nitrogen and oxygen atoms in total. The van der Waals surface area contributed by atoms with E-state index in [9.17, 15) is 13.2 Å². The van der Waals surface area contributed by atoms with Crippen molar-refractivity contribution in [1.82, 2.24) is 4.31 Å². The van der Waals surface area contributed by atoms with Crippen LogP contribution in [0.25, 0.3) is 0 Å². The normalized spacial score (nSPS) is 23.0. The van der Waals surface area contributed by atoms with Crippen LogP contribution in [0.3, 0.4) is 0 Å². The second kappa shape index (κ2) is 4.24. The zero-order valence-corrected chi connectivity index (χ0v) is 12.1. The van der Waals surface area contributed by atoms with Crippen molar-refractivity contribution in [2.45, 2.75) is 24.2 Å². The lowest BCUT2D eigenvalue weighted by Crippen LogP contribution is -2.45. The second-order valence-corrected chi connectivity index (χ2v) is 7.47. The summed E-state index contributed by atoms with van der Waals surface area (Å²) >= 11 is 4.32. The maximum absolute atomic E-state index is 12.4. The van der Waals surface area contributed by atoms with E-state index in [1.54, 1.807) is 18.2 Å². The van der Waals surface area contributed by atoms with Crippen LogP contribution in [0, 0.1) is 5.41 Å². The van der Waals surface area contributed by atoms with E-state index in [0.717, 1.165) is 23.6 Å². The standard InChI is InChI=1S/C13H15NO3S2/c15-12-10-4-1-2-5-11(10)19(16,17)14(12)8-13(9-18)6-3-7-13/h1-2,4-5,18H,3,6-9H2. The van der Waals surface area contributed by atoms with E-state index in [1.807, 2.05) is 0 Å².